The molecular formula is C19H19N3O2S. The molecule has 0 fully saturated rings. The molecule has 2 N–H and O–H groups in total. The first kappa shape index (κ1) is 17.1. The fourth-order valence-corrected chi connectivity index (χ4v) is 3.38. The van der Waals surface area contributed by atoms with E-state index in [1.807, 2.05) is 25.1 Å². The molecule has 1 amide bonds. The number of thiazole rings is 1. The number of hydrogen-bond acceptors (Lipinski definition) is 5. The number of benzene rings is 2. The summed E-state index contributed by atoms with van der Waals surface area (Å²) in [6.07, 6.45) is 0. The van der Waals surface area contributed by atoms with Crippen molar-refractivity contribution in [2.24, 2.45) is 0 Å². The number of aromatic nitrogens is 1. The van der Waals surface area contributed by atoms with Crippen molar-refractivity contribution < 1.29 is 9.59 Å². The van der Waals surface area contributed by atoms with E-state index in [4.69, 9.17) is 0 Å². The Morgan fingerprint density at radius 1 is 1.12 bits per heavy atom. The zero-order chi connectivity index (χ0) is 18.0. The SMILES string of the molecule is CC(=O)c1cccc(NC(=O)[C@H](C)Nc2ccc3nc(C)sc3c2)c1. The van der Waals surface area contributed by atoms with Gasteiger partial charge in [0.2, 0.25) is 5.91 Å². The number of carbonyl (C=O) groups excluding carboxylic acids is 2. The second-order valence-electron chi connectivity index (χ2n) is 5.91. The van der Waals surface area contributed by atoms with E-state index in [2.05, 4.69) is 15.6 Å². The van der Waals surface area contributed by atoms with E-state index in [1.54, 1.807) is 42.5 Å². The highest BCUT2D eigenvalue weighted by atomic mass is 32.1. The number of rotatable bonds is 5. The normalized spacial score (nSPS) is 12.0. The Morgan fingerprint density at radius 3 is 2.68 bits per heavy atom. The Bertz CT molecular complexity index is 949. The fraction of sp³-hybridized carbons (Fsp3) is 0.211. The standard InChI is InChI=1S/C19H19N3O2S/c1-11(19(24)22-15-6-4-5-14(9-15)12(2)23)20-16-7-8-17-18(10-16)25-13(3)21-17/h4-11,20H,1-3H3,(H,22,24)/t11-/m0/s1. The Balaban J connectivity index is 1.69. The minimum Gasteiger partial charge on any atom is -0.374 e. The van der Waals surface area contributed by atoms with Gasteiger partial charge in [0.15, 0.2) is 5.78 Å². The molecule has 5 nitrogen and oxygen atoms in total. The molecule has 0 bridgehead atoms. The first-order valence-electron chi connectivity index (χ1n) is 7.98. The highest BCUT2D eigenvalue weighted by Crippen LogP contribution is 2.25. The molecule has 0 saturated carbocycles. The van der Waals surface area contributed by atoms with Crippen LogP contribution in [0.5, 0.6) is 0 Å². The average molecular weight is 353 g/mol. The predicted molar refractivity (Wildman–Crippen MR) is 103 cm³/mol. The van der Waals surface area contributed by atoms with Crippen molar-refractivity contribution in [3.63, 3.8) is 0 Å². The third kappa shape index (κ3) is 4.03. The molecule has 0 aliphatic rings. The largest absolute Gasteiger partial charge is 0.374 e. The molecule has 1 atom stereocenters. The summed E-state index contributed by atoms with van der Waals surface area (Å²) in [7, 11) is 0. The third-order valence-corrected chi connectivity index (χ3v) is 4.74. The van der Waals surface area contributed by atoms with Gasteiger partial charge in [0.05, 0.1) is 15.2 Å². The molecule has 0 saturated heterocycles. The molecule has 0 radical (unpaired) electrons. The van der Waals surface area contributed by atoms with Gasteiger partial charge in [0, 0.05) is 16.9 Å². The van der Waals surface area contributed by atoms with Gasteiger partial charge in [0.25, 0.3) is 0 Å². The number of aryl methyl sites for hydroxylation is 1. The Hall–Kier alpha value is -2.73. The summed E-state index contributed by atoms with van der Waals surface area (Å²) in [6, 6.07) is 12.4. The van der Waals surface area contributed by atoms with Crippen LogP contribution < -0.4 is 10.6 Å². The van der Waals surface area contributed by atoms with E-state index in [0.29, 0.717) is 11.3 Å². The molecule has 3 aromatic rings. The molecule has 128 valence electrons. The number of hydrogen-bond donors (Lipinski definition) is 2. The highest BCUT2D eigenvalue weighted by molar-refractivity contribution is 7.18. The van der Waals surface area contributed by atoms with E-state index in [-0.39, 0.29) is 11.7 Å². The van der Waals surface area contributed by atoms with E-state index >= 15 is 0 Å². The van der Waals surface area contributed by atoms with Crippen LogP contribution in [0.15, 0.2) is 42.5 Å². The lowest BCUT2D eigenvalue weighted by Gasteiger charge is -2.15. The molecule has 0 aliphatic carbocycles. The average Bonchev–Trinajstić information content (AvgIpc) is 2.94. The molecule has 3 rings (SSSR count). The second kappa shape index (κ2) is 7.03. The summed E-state index contributed by atoms with van der Waals surface area (Å²) < 4.78 is 1.09. The molecule has 1 aromatic heterocycles. The molecule has 0 unspecified atom stereocenters. The van der Waals surface area contributed by atoms with Crippen LogP contribution in [0.3, 0.4) is 0 Å². The van der Waals surface area contributed by atoms with Gasteiger partial charge in [0.1, 0.15) is 6.04 Å². The van der Waals surface area contributed by atoms with Crippen LogP contribution in [0, 0.1) is 6.92 Å². The van der Waals surface area contributed by atoms with Gasteiger partial charge in [-0.2, -0.15) is 0 Å². The highest BCUT2D eigenvalue weighted by Gasteiger charge is 2.14. The smallest absolute Gasteiger partial charge is 0.246 e. The molecule has 6 heteroatoms. The van der Waals surface area contributed by atoms with Crippen molar-refractivity contribution in [1.82, 2.24) is 4.98 Å². The van der Waals surface area contributed by atoms with Gasteiger partial charge < -0.3 is 10.6 Å². The number of amides is 1. The maximum absolute atomic E-state index is 12.4. The lowest BCUT2D eigenvalue weighted by molar-refractivity contribution is -0.116. The molecule has 25 heavy (non-hydrogen) atoms. The first-order valence-corrected chi connectivity index (χ1v) is 8.79. The van der Waals surface area contributed by atoms with Crippen molar-refractivity contribution in [1.29, 1.82) is 0 Å². The number of ketones is 1. The maximum Gasteiger partial charge on any atom is 0.246 e. The van der Waals surface area contributed by atoms with Crippen LogP contribution in [0.2, 0.25) is 0 Å². The Labute approximate surface area is 150 Å². The van der Waals surface area contributed by atoms with Crippen molar-refractivity contribution in [2.75, 3.05) is 10.6 Å². The van der Waals surface area contributed by atoms with Crippen LogP contribution in [-0.2, 0) is 4.79 Å². The van der Waals surface area contributed by atoms with Gasteiger partial charge in [-0.05, 0) is 51.1 Å². The zero-order valence-electron chi connectivity index (χ0n) is 14.3. The fourth-order valence-electron chi connectivity index (χ4n) is 2.51. The molecule has 0 aliphatic heterocycles. The van der Waals surface area contributed by atoms with Gasteiger partial charge in [-0.25, -0.2) is 4.98 Å². The topological polar surface area (TPSA) is 71.1 Å². The lowest BCUT2D eigenvalue weighted by Crippen LogP contribution is -2.31. The summed E-state index contributed by atoms with van der Waals surface area (Å²) in [5.74, 6) is -0.197. The van der Waals surface area contributed by atoms with E-state index < -0.39 is 6.04 Å². The van der Waals surface area contributed by atoms with E-state index in [0.717, 1.165) is 20.9 Å². The van der Waals surface area contributed by atoms with Crippen LogP contribution in [-0.4, -0.2) is 22.7 Å². The number of nitrogens with one attached hydrogen (secondary N) is 2. The summed E-state index contributed by atoms with van der Waals surface area (Å²) in [5, 5.41) is 7.05. The van der Waals surface area contributed by atoms with E-state index in [9.17, 15) is 9.59 Å². The van der Waals surface area contributed by atoms with Gasteiger partial charge in [-0.3, -0.25) is 9.59 Å². The molecular weight excluding hydrogens is 334 g/mol. The zero-order valence-corrected chi connectivity index (χ0v) is 15.1. The van der Waals surface area contributed by atoms with Crippen molar-refractivity contribution in [3.05, 3.63) is 53.0 Å². The maximum atomic E-state index is 12.4. The third-order valence-electron chi connectivity index (χ3n) is 3.81. The van der Waals surface area contributed by atoms with Gasteiger partial charge in [-0.1, -0.05) is 12.1 Å². The summed E-state index contributed by atoms with van der Waals surface area (Å²) >= 11 is 1.63. The molecule has 2 aromatic carbocycles. The number of Topliss-reactive ketones (excluding diaryl/α,β-unsaturated/α-hetero) is 1. The monoisotopic (exact) mass is 353 g/mol. The van der Waals surface area contributed by atoms with Crippen LogP contribution >= 0.6 is 11.3 Å². The first-order chi connectivity index (χ1) is 11.9. The van der Waals surface area contributed by atoms with Gasteiger partial charge >= 0.3 is 0 Å². The lowest BCUT2D eigenvalue weighted by atomic mass is 10.1. The quantitative estimate of drug-likeness (QED) is 0.673. The minimum absolute atomic E-state index is 0.0320. The van der Waals surface area contributed by atoms with Crippen molar-refractivity contribution in [2.45, 2.75) is 26.8 Å². The predicted octanol–water partition coefficient (Wildman–Crippen LogP) is 4.25. The van der Waals surface area contributed by atoms with Crippen LogP contribution in [0.25, 0.3) is 10.2 Å². The summed E-state index contributed by atoms with van der Waals surface area (Å²) in [6.45, 7) is 5.28. The van der Waals surface area contributed by atoms with E-state index in [1.165, 1.54) is 6.92 Å². The summed E-state index contributed by atoms with van der Waals surface area (Å²) in [4.78, 5) is 28.3. The number of nitrogens with zero attached hydrogens (tertiary/aromatic N) is 1. The molecule has 0 spiro atoms. The number of anilines is 2. The van der Waals surface area contributed by atoms with Crippen LogP contribution in [0.4, 0.5) is 11.4 Å². The van der Waals surface area contributed by atoms with Crippen molar-refractivity contribution >= 4 is 44.6 Å². The molecule has 1 heterocycles. The van der Waals surface area contributed by atoms with Gasteiger partial charge in [-0.15, -0.1) is 11.3 Å². The Morgan fingerprint density at radius 2 is 1.92 bits per heavy atom. The summed E-state index contributed by atoms with van der Waals surface area (Å²) in [5.41, 5.74) is 3.02. The minimum atomic E-state index is -0.424. The Kier molecular flexibility index (Phi) is 4.81. The van der Waals surface area contributed by atoms with Crippen LogP contribution in [0.1, 0.15) is 29.2 Å². The number of fused-ring (bicyclic) bond motifs is 1. The number of carbonyl (C=O) groups is 2. The van der Waals surface area contributed by atoms with Crippen molar-refractivity contribution in [3.8, 4) is 0 Å². The second-order valence-corrected chi connectivity index (χ2v) is 7.14.